The minimum Gasteiger partial charge on any atom is -0.449 e. The molecule has 1 amide bonds. The Labute approximate surface area is 84.7 Å². The first-order valence-electron chi connectivity index (χ1n) is 3.69. The summed E-state index contributed by atoms with van der Waals surface area (Å²) in [6.07, 6.45) is 1.00. The molecule has 0 bridgehead atoms. The van der Waals surface area contributed by atoms with Crippen LogP contribution in [-0.2, 0) is 4.74 Å². The van der Waals surface area contributed by atoms with Gasteiger partial charge in [-0.05, 0) is 6.92 Å². The summed E-state index contributed by atoms with van der Waals surface area (Å²) in [5, 5.41) is 5.45. The standard InChI is InChI=1S/C7H15N3O2.ClH/c1-5-12-7(11)10(4)6-8-9(2)3;/h6H,5H2,1-4H3;1H/b8-6+;. The SMILES string of the molecule is CCOC(=O)N(C)/C=N/N(C)C.Cl. The molecule has 0 aliphatic rings. The zero-order chi connectivity index (χ0) is 9.56. The normalized spacial score (nSPS) is 9.23. The number of rotatable bonds is 3. The minimum absolute atomic E-state index is 0. The predicted octanol–water partition coefficient (Wildman–Crippen LogP) is 1.00. The molecule has 0 spiro atoms. The van der Waals surface area contributed by atoms with Crippen molar-refractivity contribution >= 4 is 24.8 Å². The Balaban J connectivity index is 0. The lowest BCUT2D eigenvalue weighted by Gasteiger charge is -2.11. The lowest BCUT2D eigenvalue weighted by Crippen LogP contribution is -2.26. The lowest BCUT2D eigenvalue weighted by molar-refractivity contribution is 0.134. The fourth-order valence-corrected chi connectivity index (χ4v) is 0.453. The van der Waals surface area contributed by atoms with E-state index in [1.807, 2.05) is 0 Å². The largest absolute Gasteiger partial charge is 0.449 e. The summed E-state index contributed by atoms with van der Waals surface area (Å²) in [4.78, 5) is 12.2. The van der Waals surface area contributed by atoms with Crippen molar-refractivity contribution < 1.29 is 9.53 Å². The number of hydrogen-bond donors (Lipinski definition) is 0. The number of amides is 1. The van der Waals surface area contributed by atoms with Gasteiger partial charge in [0.25, 0.3) is 0 Å². The van der Waals surface area contributed by atoms with Crippen LogP contribution in [0.1, 0.15) is 6.92 Å². The van der Waals surface area contributed by atoms with Crippen LogP contribution < -0.4 is 0 Å². The highest BCUT2D eigenvalue weighted by Crippen LogP contribution is 1.86. The third kappa shape index (κ3) is 7.39. The van der Waals surface area contributed by atoms with Crippen LogP contribution >= 0.6 is 12.4 Å². The Morgan fingerprint density at radius 1 is 1.46 bits per heavy atom. The van der Waals surface area contributed by atoms with Crippen molar-refractivity contribution in [3.8, 4) is 0 Å². The minimum atomic E-state index is -0.400. The summed E-state index contributed by atoms with van der Waals surface area (Å²) in [7, 11) is 5.13. The van der Waals surface area contributed by atoms with E-state index in [0.29, 0.717) is 6.61 Å². The Hall–Kier alpha value is -0.970. The molecular weight excluding hydrogens is 194 g/mol. The first-order chi connectivity index (χ1) is 5.57. The van der Waals surface area contributed by atoms with E-state index < -0.39 is 6.09 Å². The second-order valence-corrected chi connectivity index (χ2v) is 2.39. The molecule has 0 unspecified atom stereocenters. The fourth-order valence-electron chi connectivity index (χ4n) is 0.453. The molecule has 0 rings (SSSR count). The van der Waals surface area contributed by atoms with E-state index in [2.05, 4.69) is 5.10 Å². The zero-order valence-electron chi connectivity index (χ0n) is 8.35. The number of carbonyl (C=O) groups excluding carboxylic acids is 1. The molecule has 5 nitrogen and oxygen atoms in total. The van der Waals surface area contributed by atoms with Gasteiger partial charge >= 0.3 is 6.09 Å². The van der Waals surface area contributed by atoms with E-state index in [9.17, 15) is 4.79 Å². The van der Waals surface area contributed by atoms with E-state index in [-0.39, 0.29) is 12.4 Å². The third-order valence-electron chi connectivity index (χ3n) is 1.01. The van der Waals surface area contributed by atoms with E-state index in [1.54, 1.807) is 33.1 Å². The highest BCUT2D eigenvalue weighted by atomic mass is 35.5. The van der Waals surface area contributed by atoms with Gasteiger partial charge in [-0.2, -0.15) is 5.10 Å². The Kier molecular flexibility index (Phi) is 8.58. The van der Waals surface area contributed by atoms with Gasteiger partial charge < -0.3 is 9.75 Å². The fraction of sp³-hybridized carbons (Fsp3) is 0.714. The molecule has 0 saturated carbocycles. The second kappa shape index (κ2) is 7.67. The first kappa shape index (κ1) is 14.5. The number of nitrogens with zero attached hydrogens (tertiary/aromatic N) is 3. The molecule has 0 atom stereocenters. The molecule has 13 heavy (non-hydrogen) atoms. The molecule has 0 N–H and O–H groups in total. The van der Waals surface area contributed by atoms with Crippen molar-refractivity contribution in [2.24, 2.45) is 5.10 Å². The van der Waals surface area contributed by atoms with Gasteiger partial charge in [-0.25, -0.2) is 4.79 Å². The third-order valence-corrected chi connectivity index (χ3v) is 1.01. The topological polar surface area (TPSA) is 45.1 Å². The van der Waals surface area contributed by atoms with Crippen LogP contribution in [0.25, 0.3) is 0 Å². The van der Waals surface area contributed by atoms with Crippen molar-refractivity contribution in [2.75, 3.05) is 27.7 Å². The average molecular weight is 210 g/mol. The van der Waals surface area contributed by atoms with Gasteiger partial charge in [0, 0.05) is 21.1 Å². The molecule has 0 aromatic carbocycles. The van der Waals surface area contributed by atoms with Gasteiger partial charge in [-0.1, -0.05) is 0 Å². The van der Waals surface area contributed by atoms with Crippen LogP contribution in [0.3, 0.4) is 0 Å². The number of halogens is 1. The molecule has 0 heterocycles. The Morgan fingerprint density at radius 2 is 2.00 bits per heavy atom. The van der Waals surface area contributed by atoms with Gasteiger partial charge in [0.2, 0.25) is 0 Å². The Morgan fingerprint density at radius 3 is 2.38 bits per heavy atom. The molecule has 0 aromatic rings. The monoisotopic (exact) mass is 209 g/mol. The molecule has 6 heteroatoms. The van der Waals surface area contributed by atoms with Crippen LogP contribution in [0.4, 0.5) is 4.79 Å². The molecule has 78 valence electrons. The van der Waals surface area contributed by atoms with Gasteiger partial charge in [0.15, 0.2) is 0 Å². The highest BCUT2D eigenvalue weighted by Gasteiger charge is 2.04. The smallest absolute Gasteiger partial charge is 0.414 e. The van der Waals surface area contributed by atoms with E-state index >= 15 is 0 Å². The van der Waals surface area contributed by atoms with Crippen molar-refractivity contribution in [3.05, 3.63) is 0 Å². The number of carbonyl (C=O) groups is 1. The average Bonchev–Trinajstić information content (AvgIpc) is 2.00. The van der Waals surface area contributed by atoms with Gasteiger partial charge in [0.1, 0.15) is 6.34 Å². The van der Waals surface area contributed by atoms with E-state index in [1.165, 1.54) is 11.2 Å². The van der Waals surface area contributed by atoms with Gasteiger partial charge in [0.05, 0.1) is 6.61 Å². The maximum atomic E-state index is 10.9. The van der Waals surface area contributed by atoms with Gasteiger partial charge in [-0.3, -0.25) is 4.90 Å². The summed E-state index contributed by atoms with van der Waals surface area (Å²) in [6.45, 7) is 2.13. The number of ether oxygens (including phenoxy) is 1. The van der Waals surface area contributed by atoms with E-state index in [0.717, 1.165) is 0 Å². The maximum absolute atomic E-state index is 10.9. The molecule has 0 fully saturated rings. The van der Waals surface area contributed by atoms with Crippen LogP contribution in [0, 0.1) is 0 Å². The van der Waals surface area contributed by atoms with Crippen molar-refractivity contribution in [2.45, 2.75) is 6.92 Å². The van der Waals surface area contributed by atoms with Gasteiger partial charge in [-0.15, -0.1) is 12.4 Å². The van der Waals surface area contributed by atoms with Crippen LogP contribution in [0.2, 0.25) is 0 Å². The molecule has 0 aromatic heterocycles. The van der Waals surface area contributed by atoms with Crippen LogP contribution in [0.5, 0.6) is 0 Å². The maximum Gasteiger partial charge on any atom is 0.414 e. The van der Waals surface area contributed by atoms with Crippen LogP contribution in [-0.4, -0.2) is 50.1 Å². The molecule has 0 aliphatic heterocycles. The van der Waals surface area contributed by atoms with Crippen molar-refractivity contribution in [1.29, 1.82) is 0 Å². The molecule has 0 aliphatic carbocycles. The molecular formula is C7H16ClN3O2. The van der Waals surface area contributed by atoms with E-state index in [4.69, 9.17) is 4.74 Å². The summed E-state index contributed by atoms with van der Waals surface area (Å²) in [5.41, 5.74) is 0. The molecule has 0 saturated heterocycles. The quantitative estimate of drug-likeness (QED) is 0.396. The van der Waals surface area contributed by atoms with Crippen molar-refractivity contribution in [3.63, 3.8) is 0 Å². The summed E-state index contributed by atoms with van der Waals surface area (Å²) in [5.74, 6) is 0. The first-order valence-corrected chi connectivity index (χ1v) is 3.69. The highest BCUT2D eigenvalue weighted by molar-refractivity contribution is 5.85. The summed E-state index contributed by atoms with van der Waals surface area (Å²) < 4.78 is 4.71. The molecule has 0 radical (unpaired) electrons. The summed E-state index contributed by atoms with van der Waals surface area (Å²) in [6, 6.07) is 0. The second-order valence-electron chi connectivity index (χ2n) is 2.39. The number of hydrazone groups is 1. The van der Waals surface area contributed by atoms with Crippen molar-refractivity contribution in [1.82, 2.24) is 9.91 Å². The predicted molar refractivity (Wildman–Crippen MR) is 54.2 cm³/mol. The summed E-state index contributed by atoms with van der Waals surface area (Å²) >= 11 is 0. The zero-order valence-corrected chi connectivity index (χ0v) is 9.17. The Bertz CT molecular complexity index is 173. The lowest BCUT2D eigenvalue weighted by atomic mass is 10.8. The number of hydrogen-bond acceptors (Lipinski definition) is 4. The van der Waals surface area contributed by atoms with Crippen LogP contribution in [0.15, 0.2) is 5.10 Å².